The molecule has 3 nitrogen and oxygen atoms in total. The van der Waals surface area contributed by atoms with Crippen LogP contribution in [0.1, 0.15) is 18.1 Å². The zero-order chi connectivity index (χ0) is 10.8. The third kappa shape index (κ3) is 2.08. The van der Waals surface area contributed by atoms with Gasteiger partial charge >= 0.3 is 0 Å². The number of hydrazine groups is 1. The Labute approximate surface area is 89.1 Å². The van der Waals surface area contributed by atoms with Crippen LogP contribution in [0, 0.1) is 6.92 Å². The predicted molar refractivity (Wildman–Crippen MR) is 59.8 cm³/mol. The van der Waals surface area contributed by atoms with Gasteiger partial charge in [0.15, 0.2) is 0 Å². The van der Waals surface area contributed by atoms with Crippen LogP contribution in [-0.4, -0.2) is 5.91 Å². The molecule has 0 radical (unpaired) electrons. The van der Waals surface area contributed by atoms with Gasteiger partial charge in [0.05, 0.1) is 0 Å². The Kier molecular flexibility index (Phi) is 3.18. The summed E-state index contributed by atoms with van der Waals surface area (Å²) in [5, 5.41) is 0. The van der Waals surface area contributed by atoms with Crippen LogP contribution in [-0.2, 0) is 9.54 Å². The monoisotopic (exact) mass is 210 g/mol. The van der Waals surface area contributed by atoms with Crippen molar-refractivity contribution >= 4 is 18.5 Å². The van der Waals surface area contributed by atoms with Gasteiger partial charge in [0.1, 0.15) is 4.75 Å². The normalized spacial score (nSPS) is 14.6. The highest BCUT2D eigenvalue weighted by atomic mass is 32.1. The van der Waals surface area contributed by atoms with Crippen molar-refractivity contribution in [3.63, 3.8) is 0 Å². The average molecular weight is 210 g/mol. The molecule has 0 aliphatic rings. The van der Waals surface area contributed by atoms with E-state index in [1.54, 1.807) is 6.92 Å². The molecule has 1 amide bonds. The van der Waals surface area contributed by atoms with Crippen LogP contribution in [0.25, 0.3) is 0 Å². The summed E-state index contributed by atoms with van der Waals surface area (Å²) in [5.41, 5.74) is 4.04. The topological polar surface area (TPSA) is 55.1 Å². The quantitative estimate of drug-likeness (QED) is 0.297. The number of amides is 1. The van der Waals surface area contributed by atoms with Gasteiger partial charge in [0.25, 0.3) is 5.91 Å². The Hall–Kier alpha value is -1.00. The number of nitrogens with two attached hydrogens (primary N) is 1. The third-order valence-electron chi connectivity index (χ3n) is 2.15. The number of aryl methyl sites for hydroxylation is 1. The van der Waals surface area contributed by atoms with Crippen molar-refractivity contribution in [2.45, 2.75) is 18.6 Å². The number of rotatable bonds is 2. The van der Waals surface area contributed by atoms with E-state index in [0.717, 1.165) is 11.1 Å². The van der Waals surface area contributed by atoms with E-state index in [9.17, 15) is 4.79 Å². The van der Waals surface area contributed by atoms with Crippen LogP contribution in [0.2, 0.25) is 0 Å². The fourth-order valence-corrected chi connectivity index (χ4v) is 1.42. The molecule has 0 fully saturated rings. The minimum atomic E-state index is -0.888. The van der Waals surface area contributed by atoms with Crippen molar-refractivity contribution in [3.05, 3.63) is 35.4 Å². The summed E-state index contributed by atoms with van der Waals surface area (Å²) in [6.45, 7) is 3.68. The minimum Gasteiger partial charge on any atom is -0.293 e. The molecule has 0 bridgehead atoms. The van der Waals surface area contributed by atoms with Gasteiger partial charge in [-0.2, -0.15) is 12.6 Å². The predicted octanol–water partition coefficient (Wildman–Crippen LogP) is 1.13. The zero-order valence-corrected chi connectivity index (χ0v) is 9.14. The average Bonchev–Trinajstić information content (AvgIpc) is 2.16. The summed E-state index contributed by atoms with van der Waals surface area (Å²) in [6, 6.07) is 7.63. The number of thiol groups is 1. The summed E-state index contributed by atoms with van der Waals surface area (Å²) in [5.74, 6) is 4.77. The first-order chi connectivity index (χ1) is 6.48. The summed E-state index contributed by atoms with van der Waals surface area (Å²) >= 11 is 4.31. The van der Waals surface area contributed by atoms with Gasteiger partial charge in [0.2, 0.25) is 0 Å². The van der Waals surface area contributed by atoms with Crippen molar-refractivity contribution in [1.29, 1.82) is 0 Å². The van der Waals surface area contributed by atoms with Gasteiger partial charge in [-0.05, 0) is 19.4 Å². The van der Waals surface area contributed by atoms with Gasteiger partial charge in [-0.15, -0.1) is 0 Å². The molecule has 1 atom stereocenters. The second kappa shape index (κ2) is 4.02. The van der Waals surface area contributed by atoms with Gasteiger partial charge in [-0.3, -0.25) is 10.2 Å². The second-order valence-electron chi connectivity index (χ2n) is 3.42. The third-order valence-corrected chi connectivity index (χ3v) is 2.61. The molecule has 1 aromatic carbocycles. The highest BCUT2D eigenvalue weighted by Gasteiger charge is 2.30. The molecule has 4 heteroatoms. The number of benzene rings is 1. The van der Waals surface area contributed by atoms with E-state index < -0.39 is 4.75 Å². The second-order valence-corrected chi connectivity index (χ2v) is 4.31. The van der Waals surface area contributed by atoms with Crippen LogP contribution in [0.15, 0.2) is 24.3 Å². The van der Waals surface area contributed by atoms with Crippen LogP contribution in [0.4, 0.5) is 0 Å². The lowest BCUT2D eigenvalue weighted by Crippen LogP contribution is -2.42. The Morgan fingerprint density at radius 2 is 2.21 bits per heavy atom. The lowest BCUT2D eigenvalue weighted by atomic mass is 9.98. The molecular weight excluding hydrogens is 196 g/mol. The molecule has 0 saturated carbocycles. The molecule has 0 heterocycles. The number of carbonyl (C=O) groups excluding carboxylic acids is 1. The molecule has 0 aliphatic heterocycles. The maximum Gasteiger partial charge on any atom is 0.254 e. The van der Waals surface area contributed by atoms with Crippen molar-refractivity contribution in [2.75, 3.05) is 0 Å². The van der Waals surface area contributed by atoms with E-state index >= 15 is 0 Å². The Bertz CT molecular complexity index is 350. The lowest BCUT2D eigenvalue weighted by molar-refractivity contribution is -0.123. The van der Waals surface area contributed by atoms with Gasteiger partial charge in [-0.1, -0.05) is 29.8 Å². The highest BCUT2D eigenvalue weighted by Crippen LogP contribution is 2.28. The largest absolute Gasteiger partial charge is 0.293 e. The smallest absolute Gasteiger partial charge is 0.254 e. The molecule has 0 spiro atoms. The van der Waals surface area contributed by atoms with Gasteiger partial charge in [0, 0.05) is 0 Å². The van der Waals surface area contributed by atoms with Crippen LogP contribution in [0.5, 0.6) is 0 Å². The maximum absolute atomic E-state index is 11.4. The molecule has 76 valence electrons. The SMILES string of the molecule is Cc1cccc(C(C)(S)C(=O)NN)c1. The van der Waals surface area contributed by atoms with Crippen LogP contribution >= 0.6 is 12.6 Å². The number of carbonyl (C=O) groups is 1. The van der Waals surface area contributed by atoms with E-state index in [-0.39, 0.29) is 5.91 Å². The Morgan fingerprint density at radius 3 is 2.71 bits per heavy atom. The summed E-state index contributed by atoms with van der Waals surface area (Å²) in [7, 11) is 0. The van der Waals surface area contributed by atoms with E-state index in [1.165, 1.54) is 0 Å². The molecule has 3 N–H and O–H groups in total. The van der Waals surface area contributed by atoms with Crippen molar-refractivity contribution < 1.29 is 4.79 Å². The summed E-state index contributed by atoms with van der Waals surface area (Å²) in [6.07, 6.45) is 0. The molecule has 1 unspecified atom stereocenters. The Morgan fingerprint density at radius 1 is 1.57 bits per heavy atom. The first-order valence-corrected chi connectivity index (χ1v) is 4.73. The molecule has 0 saturated heterocycles. The van der Waals surface area contributed by atoms with E-state index in [4.69, 9.17) is 5.84 Å². The molecule has 1 rings (SSSR count). The number of hydrogen-bond donors (Lipinski definition) is 3. The van der Waals surface area contributed by atoms with E-state index in [2.05, 4.69) is 18.1 Å². The Balaban J connectivity index is 3.09. The number of hydrogen-bond acceptors (Lipinski definition) is 3. The summed E-state index contributed by atoms with van der Waals surface area (Å²) in [4.78, 5) is 11.4. The fraction of sp³-hybridized carbons (Fsp3) is 0.300. The van der Waals surface area contributed by atoms with Gasteiger partial charge < -0.3 is 0 Å². The zero-order valence-electron chi connectivity index (χ0n) is 8.24. The van der Waals surface area contributed by atoms with Gasteiger partial charge in [-0.25, -0.2) is 5.84 Å². The lowest BCUT2D eigenvalue weighted by Gasteiger charge is -2.22. The first-order valence-electron chi connectivity index (χ1n) is 4.29. The van der Waals surface area contributed by atoms with Crippen LogP contribution < -0.4 is 11.3 Å². The van der Waals surface area contributed by atoms with E-state index in [0.29, 0.717) is 0 Å². The number of nitrogens with one attached hydrogen (secondary N) is 1. The minimum absolute atomic E-state index is 0.313. The van der Waals surface area contributed by atoms with Crippen LogP contribution in [0.3, 0.4) is 0 Å². The molecule has 14 heavy (non-hydrogen) atoms. The fourth-order valence-electron chi connectivity index (χ4n) is 1.22. The molecule has 1 aromatic rings. The summed E-state index contributed by atoms with van der Waals surface area (Å²) < 4.78 is -0.888. The molecule has 0 aromatic heterocycles. The first kappa shape index (κ1) is 11.1. The molecular formula is C10H14N2OS. The van der Waals surface area contributed by atoms with Crippen molar-refractivity contribution in [2.24, 2.45) is 5.84 Å². The van der Waals surface area contributed by atoms with Crippen molar-refractivity contribution in [1.82, 2.24) is 5.43 Å². The van der Waals surface area contributed by atoms with Crippen molar-refractivity contribution in [3.8, 4) is 0 Å². The van der Waals surface area contributed by atoms with E-state index in [1.807, 2.05) is 31.2 Å². The maximum atomic E-state index is 11.4. The highest BCUT2D eigenvalue weighted by molar-refractivity contribution is 7.82. The molecule has 0 aliphatic carbocycles. The standard InChI is InChI=1S/C10H14N2OS/c1-7-4-3-5-8(6-7)10(2,14)9(13)12-11/h3-6,14H,11H2,1-2H3,(H,12,13).